The fourth-order valence-electron chi connectivity index (χ4n) is 2.26. The van der Waals surface area contributed by atoms with E-state index in [-0.39, 0.29) is 16.7 Å². The van der Waals surface area contributed by atoms with E-state index in [1.807, 2.05) is 18.2 Å². The molecule has 0 radical (unpaired) electrons. The molecule has 1 aromatic carbocycles. The van der Waals surface area contributed by atoms with Gasteiger partial charge in [0, 0.05) is 19.6 Å². The summed E-state index contributed by atoms with van der Waals surface area (Å²) in [4.78, 5) is 13.7. The number of carbonyl (C=O) groups excluding carboxylic acids is 1. The van der Waals surface area contributed by atoms with Gasteiger partial charge in [0.2, 0.25) is 10.0 Å². The van der Waals surface area contributed by atoms with Gasteiger partial charge in [-0.1, -0.05) is 34.1 Å². The molecule has 1 aliphatic rings. The molecule has 0 unspecified atom stereocenters. The van der Waals surface area contributed by atoms with Crippen molar-refractivity contribution in [2.75, 3.05) is 24.3 Å². The fourth-order valence-corrected chi connectivity index (χ4v) is 3.31. The van der Waals surface area contributed by atoms with Crippen LogP contribution >= 0.6 is 15.9 Å². The van der Waals surface area contributed by atoms with Crippen LogP contribution in [0.25, 0.3) is 0 Å². The molecule has 0 bridgehead atoms. The average molecular weight is 391 g/mol. The van der Waals surface area contributed by atoms with Gasteiger partial charge in [-0.2, -0.15) is 0 Å². The van der Waals surface area contributed by atoms with Crippen LogP contribution in [0.5, 0.6) is 5.75 Å². The smallest absolute Gasteiger partial charge is 0.410 e. The number of hydrogen-bond acceptors (Lipinski definition) is 4. The number of likely N-dealkylation sites (tertiary alicyclic amines) is 1. The second-order valence-corrected chi connectivity index (χ2v) is 8.29. The Kier molecular flexibility index (Phi) is 6.22. The number of halogens is 1. The molecule has 1 heterocycles. The normalized spacial score (nSPS) is 16.5. The highest BCUT2D eigenvalue weighted by Gasteiger charge is 2.24. The lowest BCUT2D eigenvalue weighted by molar-refractivity contribution is 0.131. The van der Waals surface area contributed by atoms with Crippen molar-refractivity contribution in [1.82, 2.24) is 9.62 Å². The topological polar surface area (TPSA) is 75.7 Å². The van der Waals surface area contributed by atoms with E-state index >= 15 is 0 Å². The fraction of sp³-hybridized carbons (Fsp3) is 0.500. The molecule has 1 amide bonds. The molecule has 122 valence electrons. The number of benzene rings is 1. The maximum Gasteiger partial charge on any atom is 0.415 e. The van der Waals surface area contributed by atoms with Crippen molar-refractivity contribution in [1.29, 1.82) is 0 Å². The molecule has 1 aliphatic heterocycles. The summed E-state index contributed by atoms with van der Waals surface area (Å²) in [6.07, 6.45) is 1.16. The van der Waals surface area contributed by atoms with Gasteiger partial charge in [0.25, 0.3) is 0 Å². The van der Waals surface area contributed by atoms with Crippen molar-refractivity contribution in [2.45, 2.75) is 12.8 Å². The van der Waals surface area contributed by atoms with Gasteiger partial charge in [-0.15, -0.1) is 0 Å². The quantitative estimate of drug-likeness (QED) is 0.781. The molecule has 0 spiro atoms. The van der Waals surface area contributed by atoms with Crippen LogP contribution in [0.1, 0.15) is 12.8 Å². The van der Waals surface area contributed by atoms with Gasteiger partial charge in [0.15, 0.2) is 0 Å². The highest BCUT2D eigenvalue weighted by atomic mass is 79.9. The summed E-state index contributed by atoms with van der Waals surface area (Å²) in [5, 5.41) is 0. The molecule has 6 nitrogen and oxygen atoms in total. The number of sulfonamides is 1. The van der Waals surface area contributed by atoms with Gasteiger partial charge in [-0.05, 0) is 30.9 Å². The molecular formula is C14H19BrN2O4S. The summed E-state index contributed by atoms with van der Waals surface area (Å²) in [6, 6.07) is 8.95. The number of carbonyl (C=O) groups is 1. The zero-order chi connectivity index (χ0) is 16.0. The summed E-state index contributed by atoms with van der Waals surface area (Å²) in [5.74, 6) is 0.773. The van der Waals surface area contributed by atoms with E-state index in [0.717, 1.165) is 12.8 Å². The van der Waals surface area contributed by atoms with Crippen molar-refractivity contribution in [2.24, 2.45) is 5.92 Å². The number of ether oxygens (including phenoxy) is 1. The molecular weight excluding hydrogens is 372 g/mol. The van der Waals surface area contributed by atoms with Gasteiger partial charge in [0.1, 0.15) is 10.4 Å². The number of piperidine rings is 1. The monoisotopic (exact) mass is 390 g/mol. The van der Waals surface area contributed by atoms with Crippen LogP contribution in [-0.2, 0) is 10.0 Å². The Hall–Kier alpha value is -1.12. The molecule has 8 heteroatoms. The van der Waals surface area contributed by atoms with Crippen molar-refractivity contribution in [3.05, 3.63) is 30.3 Å². The standard InChI is InChI=1S/C14H19BrN2O4S/c15-11-22(19,20)16-10-12-6-8-17(9-7-12)14(18)21-13-4-2-1-3-5-13/h1-5,12,16H,6-11H2. The third-order valence-electron chi connectivity index (χ3n) is 3.56. The maximum atomic E-state index is 12.0. The molecule has 0 aromatic heterocycles. The van der Waals surface area contributed by atoms with E-state index in [4.69, 9.17) is 4.74 Å². The van der Waals surface area contributed by atoms with E-state index < -0.39 is 10.0 Å². The molecule has 1 fully saturated rings. The van der Waals surface area contributed by atoms with Crippen LogP contribution in [0.4, 0.5) is 4.79 Å². The minimum atomic E-state index is -3.23. The van der Waals surface area contributed by atoms with Crippen LogP contribution < -0.4 is 9.46 Å². The molecule has 0 atom stereocenters. The molecule has 1 aromatic rings. The molecule has 1 saturated heterocycles. The molecule has 1 N–H and O–H groups in total. The van der Waals surface area contributed by atoms with E-state index in [1.165, 1.54) is 0 Å². The van der Waals surface area contributed by atoms with E-state index in [2.05, 4.69) is 20.7 Å². The third kappa shape index (κ3) is 5.26. The second kappa shape index (κ2) is 7.94. The summed E-state index contributed by atoms with van der Waals surface area (Å²) >= 11 is 2.94. The third-order valence-corrected chi connectivity index (χ3v) is 6.26. The summed E-state index contributed by atoms with van der Waals surface area (Å²) in [5.41, 5.74) is 0. The number of amides is 1. The maximum absolute atomic E-state index is 12.0. The highest BCUT2D eigenvalue weighted by molar-refractivity contribution is 9.10. The number of para-hydroxylation sites is 1. The van der Waals surface area contributed by atoms with Crippen molar-refractivity contribution >= 4 is 32.0 Å². The summed E-state index contributed by atoms with van der Waals surface area (Å²) < 4.78 is 30.5. The van der Waals surface area contributed by atoms with E-state index in [1.54, 1.807) is 17.0 Å². The van der Waals surface area contributed by atoms with Gasteiger partial charge < -0.3 is 9.64 Å². The first-order valence-electron chi connectivity index (χ1n) is 7.05. The Labute approximate surface area is 139 Å². The van der Waals surface area contributed by atoms with Crippen LogP contribution in [0, 0.1) is 5.92 Å². The zero-order valence-electron chi connectivity index (χ0n) is 12.1. The number of alkyl halides is 1. The number of rotatable bonds is 5. The SMILES string of the molecule is O=C(Oc1ccccc1)N1CCC(CNS(=O)(=O)CBr)CC1. The number of nitrogens with one attached hydrogen (secondary N) is 1. The number of nitrogens with zero attached hydrogens (tertiary/aromatic N) is 1. The van der Waals surface area contributed by atoms with E-state index in [0.29, 0.717) is 25.4 Å². The Morgan fingerprint density at radius 3 is 2.50 bits per heavy atom. The Morgan fingerprint density at radius 2 is 1.91 bits per heavy atom. The largest absolute Gasteiger partial charge is 0.415 e. The zero-order valence-corrected chi connectivity index (χ0v) is 14.5. The van der Waals surface area contributed by atoms with Crippen molar-refractivity contribution in [3.63, 3.8) is 0 Å². The predicted octanol–water partition coefficient (Wildman–Crippen LogP) is 2.17. The second-order valence-electron chi connectivity index (χ2n) is 5.18. The minimum absolute atomic E-state index is 0.0950. The van der Waals surface area contributed by atoms with Crippen LogP contribution in [-0.4, -0.2) is 43.7 Å². The Bertz CT molecular complexity index is 586. The highest BCUT2D eigenvalue weighted by Crippen LogP contribution is 2.18. The van der Waals surface area contributed by atoms with Crippen LogP contribution in [0.3, 0.4) is 0 Å². The first-order valence-corrected chi connectivity index (χ1v) is 9.82. The van der Waals surface area contributed by atoms with Gasteiger partial charge in [0.05, 0.1) is 0 Å². The van der Waals surface area contributed by atoms with Crippen LogP contribution in [0.15, 0.2) is 30.3 Å². The van der Waals surface area contributed by atoms with Gasteiger partial charge in [-0.25, -0.2) is 17.9 Å². The van der Waals surface area contributed by atoms with Crippen molar-refractivity contribution < 1.29 is 17.9 Å². The summed E-state index contributed by atoms with van der Waals surface area (Å²) in [6.45, 7) is 1.56. The van der Waals surface area contributed by atoms with Gasteiger partial charge >= 0.3 is 6.09 Å². The Morgan fingerprint density at radius 1 is 1.27 bits per heavy atom. The molecule has 0 saturated carbocycles. The lowest BCUT2D eigenvalue weighted by atomic mass is 9.97. The minimum Gasteiger partial charge on any atom is -0.410 e. The molecule has 2 rings (SSSR count). The van der Waals surface area contributed by atoms with E-state index in [9.17, 15) is 13.2 Å². The van der Waals surface area contributed by atoms with Crippen molar-refractivity contribution in [3.8, 4) is 5.75 Å². The van der Waals surface area contributed by atoms with Crippen LogP contribution in [0.2, 0.25) is 0 Å². The summed E-state index contributed by atoms with van der Waals surface area (Å²) in [7, 11) is -3.23. The lowest BCUT2D eigenvalue weighted by Gasteiger charge is -2.31. The number of hydrogen-bond donors (Lipinski definition) is 1. The lowest BCUT2D eigenvalue weighted by Crippen LogP contribution is -2.42. The predicted molar refractivity (Wildman–Crippen MR) is 87.5 cm³/mol. The molecule has 22 heavy (non-hydrogen) atoms. The van der Waals surface area contributed by atoms with Gasteiger partial charge in [-0.3, -0.25) is 0 Å². The first kappa shape index (κ1) is 17.2. The Balaban J connectivity index is 1.76. The molecule has 0 aliphatic carbocycles. The average Bonchev–Trinajstić information content (AvgIpc) is 2.54. The first-order chi connectivity index (χ1) is 10.5.